The van der Waals surface area contributed by atoms with Crippen LogP contribution in [0.2, 0.25) is 0 Å². The molecule has 0 fully saturated rings. The normalized spacial score (nSPS) is 12.4. The molecule has 1 rings (SSSR count). The van der Waals surface area contributed by atoms with Crippen LogP contribution in [0.4, 0.5) is 0 Å². The first-order chi connectivity index (χ1) is 7.08. The summed E-state index contributed by atoms with van der Waals surface area (Å²) in [5.41, 5.74) is 7.20. The summed E-state index contributed by atoms with van der Waals surface area (Å²) < 4.78 is 0. The van der Waals surface area contributed by atoms with Crippen molar-refractivity contribution in [3.63, 3.8) is 0 Å². The van der Waals surface area contributed by atoms with Crippen molar-refractivity contribution in [3.05, 3.63) is 29.6 Å². The maximum absolute atomic E-state index is 10.6. The summed E-state index contributed by atoms with van der Waals surface area (Å²) in [5.74, 6) is -0.285. The summed E-state index contributed by atoms with van der Waals surface area (Å²) >= 11 is 0. The summed E-state index contributed by atoms with van der Waals surface area (Å²) in [6, 6.07) is 4.08. The molecule has 1 aromatic heterocycles. The van der Waals surface area contributed by atoms with Gasteiger partial charge in [0.05, 0.1) is 5.69 Å². The van der Waals surface area contributed by atoms with E-state index in [4.69, 9.17) is 5.73 Å². The fourth-order valence-electron chi connectivity index (χ4n) is 1.26. The quantitative estimate of drug-likeness (QED) is 0.748. The Balaban J connectivity index is 2.36. The molecular weight excluding hydrogens is 190 g/mol. The van der Waals surface area contributed by atoms with Gasteiger partial charge in [-0.25, -0.2) is 0 Å². The van der Waals surface area contributed by atoms with E-state index >= 15 is 0 Å². The summed E-state index contributed by atoms with van der Waals surface area (Å²) in [6.45, 7) is 4.59. The van der Waals surface area contributed by atoms with Crippen LogP contribution >= 0.6 is 0 Å². The van der Waals surface area contributed by atoms with E-state index in [0.29, 0.717) is 13.0 Å². The molecule has 0 aromatic carbocycles. The van der Waals surface area contributed by atoms with E-state index in [0.717, 1.165) is 11.3 Å². The van der Waals surface area contributed by atoms with Gasteiger partial charge in [-0.05, 0) is 25.5 Å². The van der Waals surface area contributed by atoms with Crippen molar-refractivity contribution in [2.24, 2.45) is 5.73 Å². The lowest BCUT2D eigenvalue weighted by Crippen LogP contribution is -2.30. The Hall–Kier alpha value is -1.42. The molecule has 0 aliphatic rings. The number of primary amides is 1. The topological polar surface area (TPSA) is 68.0 Å². The van der Waals surface area contributed by atoms with Gasteiger partial charge < -0.3 is 11.1 Å². The predicted octanol–water partition coefficient (Wildman–Crippen LogP) is 0.744. The first-order valence-corrected chi connectivity index (χ1v) is 5.01. The average Bonchev–Trinajstić information content (AvgIpc) is 2.16. The lowest BCUT2D eigenvalue weighted by atomic mass is 10.2. The highest BCUT2D eigenvalue weighted by atomic mass is 16.1. The molecule has 0 spiro atoms. The number of hydrogen-bond donors (Lipinski definition) is 2. The third kappa shape index (κ3) is 4.56. The molecule has 1 atom stereocenters. The Morgan fingerprint density at radius 3 is 2.87 bits per heavy atom. The predicted molar refractivity (Wildman–Crippen MR) is 59.1 cm³/mol. The van der Waals surface area contributed by atoms with Crippen molar-refractivity contribution >= 4 is 5.91 Å². The number of hydrogen-bond acceptors (Lipinski definition) is 3. The van der Waals surface area contributed by atoms with Crippen LogP contribution in [0, 0.1) is 6.92 Å². The highest BCUT2D eigenvalue weighted by Crippen LogP contribution is 1.99. The molecule has 0 saturated heterocycles. The summed E-state index contributed by atoms with van der Waals surface area (Å²) in [4.78, 5) is 14.9. The monoisotopic (exact) mass is 207 g/mol. The van der Waals surface area contributed by atoms with Gasteiger partial charge in [0.15, 0.2) is 0 Å². The molecule has 3 N–H and O–H groups in total. The molecule has 4 nitrogen and oxygen atoms in total. The van der Waals surface area contributed by atoms with Crippen molar-refractivity contribution < 1.29 is 4.79 Å². The number of aryl methyl sites for hydroxylation is 1. The van der Waals surface area contributed by atoms with E-state index in [9.17, 15) is 4.79 Å². The van der Waals surface area contributed by atoms with Gasteiger partial charge in [-0.1, -0.05) is 6.07 Å². The summed E-state index contributed by atoms with van der Waals surface area (Å²) in [6.07, 6.45) is 2.18. The molecule has 0 bridgehead atoms. The van der Waals surface area contributed by atoms with Gasteiger partial charge in [0.1, 0.15) is 0 Å². The zero-order valence-corrected chi connectivity index (χ0v) is 9.16. The van der Waals surface area contributed by atoms with Gasteiger partial charge in [0, 0.05) is 25.2 Å². The molecule has 0 radical (unpaired) electrons. The van der Waals surface area contributed by atoms with Crippen LogP contribution in [0.1, 0.15) is 24.6 Å². The number of pyridine rings is 1. The van der Waals surface area contributed by atoms with E-state index in [1.54, 1.807) is 0 Å². The van der Waals surface area contributed by atoms with Gasteiger partial charge >= 0.3 is 0 Å². The number of nitrogens with zero attached hydrogens (tertiary/aromatic N) is 1. The fourth-order valence-corrected chi connectivity index (χ4v) is 1.26. The SMILES string of the molecule is Cc1ccc(CNC(C)CC(N)=O)nc1. The number of nitrogens with one attached hydrogen (secondary N) is 1. The highest BCUT2D eigenvalue weighted by Gasteiger charge is 2.05. The van der Waals surface area contributed by atoms with Gasteiger partial charge in [-0.15, -0.1) is 0 Å². The third-order valence-corrected chi connectivity index (χ3v) is 2.11. The van der Waals surface area contributed by atoms with Crippen LogP contribution in [-0.2, 0) is 11.3 Å². The Morgan fingerprint density at radius 2 is 2.33 bits per heavy atom. The largest absolute Gasteiger partial charge is 0.370 e. The standard InChI is InChI=1S/C11H17N3O/c1-8-3-4-10(14-6-8)7-13-9(2)5-11(12)15/h3-4,6,9,13H,5,7H2,1-2H3,(H2,12,15). The Morgan fingerprint density at radius 1 is 1.60 bits per heavy atom. The minimum Gasteiger partial charge on any atom is -0.370 e. The first-order valence-electron chi connectivity index (χ1n) is 5.01. The second kappa shape index (κ2) is 5.46. The Kier molecular flexibility index (Phi) is 4.24. The van der Waals surface area contributed by atoms with Crippen molar-refractivity contribution in [2.75, 3.05) is 0 Å². The van der Waals surface area contributed by atoms with Crippen LogP contribution in [0.3, 0.4) is 0 Å². The van der Waals surface area contributed by atoms with Crippen molar-refractivity contribution in [1.29, 1.82) is 0 Å². The number of amides is 1. The first kappa shape index (κ1) is 11.7. The molecular formula is C11H17N3O. The minimum atomic E-state index is -0.285. The van der Waals surface area contributed by atoms with E-state index in [1.807, 2.05) is 32.2 Å². The molecule has 1 amide bonds. The van der Waals surface area contributed by atoms with E-state index in [1.165, 1.54) is 0 Å². The molecule has 0 saturated carbocycles. The Bertz CT molecular complexity index is 321. The molecule has 0 aliphatic carbocycles. The molecule has 1 aromatic rings. The number of aromatic nitrogens is 1. The molecule has 1 heterocycles. The van der Waals surface area contributed by atoms with Crippen LogP contribution < -0.4 is 11.1 Å². The summed E-state index contributed by atoms with van der Waals surface area (Å²) in [7, 11) is 0. The molecule has 82 valence electrons. The number of carbonyl (C=O) groups is 1. The van der Waals surface area contributed by atoms with Crippen molar-refractivity contribution in [3.8, 4) is 0 Å². The molecule has 0 aliphatic heterocycles. The summed E-state index contributed by atoms with van der Waals surface area (Å²) in [5, 5.41) is 3.19. The lowest BCUT2D eigenvalue weighted by Gasteiger charge is -2.11. The van der Waals surface area contributed by atoms with Gasteiger partial charge in [-0.2, -0.15) is 0 Å². The molecule has 1 unspecified atom stereocenters. The fraction of sp³-hybridized carbons (Fsp3) is 0.455. The average molecular weight is 207 g/mol. The van der Waals surface area contributed by atoms with Crippen LogP contribution in [0.25, 0.3) is 0 Å². The van der Waals surface area contributed by atoms with Crippen molar-refractivity contribution in [2.45, 2.75) is 32.9 Å². The second-order valence-electron chi connectivity index (χ2n) is 3.78. The van der Waals surface area contributed by atoms with Gasteiger partial charge in [0.2, 0.25) is 5.91 Å². The Labute approximate surface area is 89.9 Å². The zero-order chi connectivity index (χ0) is 11.3. The number of carbonyl (C=O) groups excluding carboxylic acids is 1. The smallest absolute Gasteiger partial charge is 0.218 e. The lowest BCUT2D eigenvalue weighted by molar-refractivity contribution is -0.118. The zero-order valence-electron chi connectivity index (χ0n) is 9.16. The third-order valence-electron chi connectivity index (χ3n) is 2.11. The molecule has 15 heavy (non-hydrogen) atoms. The second-order valence-corrected chi connectivity index (χ2v) is 3.78. The van der Waals surface area contributed by atoms with Crippen LogP contribution in [-0.4, -0.2) is 16.9 Å². The van der Waals surface area contributed by atoms with E-state index in [-0.39, 0.29) is 11.9 Å². The van der Waals surface area contributed by atoms with Crippen LogP contribution in [0.15, 0.2) is 18.3 Å². The highest BCUT2D eigenvalue weighted by molar-refractivity contribution is 5.74. The van der Waals surface area contributed by atoms with Crippen LogP contribution in [0.5, 0.6) is 0 Å². The van der Waals surface area contributed by atoms with Crippen molar-refractivity contribution in [1.82, 2.24) is 10.3 Å². The van der Waals surface area contributed by atoms with E-state index < -0.39 is 0 Å². The molecule has 4 heteroatoms. The van der Waals surface area contributed by atoms with Gasteiger partial charge in [0.25, 0.3) is 0 Å². The minimum absolute atomic E-state index is 0.0885. The number of nitrogens with two attached hydrogens (primary N) is 1. The maximum Gasteiger partial charge on any atom is 0.218 e. The van der Waals surface area contributed by atoms with E-state index in [2.05, 4.69) is 10.3 Å². The maximum atomic E-state index is 10.6. The number of rotatable bonds is 5. The van der Waals surface area contributed by atoms with Gasteiger partial charge in [-0.3, -0.25) is 9.78 Å².